The van der Waals surface area contributed by atoms with Gasteiger partial charge in [0.05, 0.1) is 22.5 Å². The van der Waals surface area contributed by atoms with Crippen molar-refractivity contribution in [3.8, 4) is 33.4 Å². The van der Waals surface area contributed by atoms with E-state index in [1.807, 2.05) is 0 Å². The van der Waals surface area contributed by atoms with Gasteiger partial charge < -0.3 is 10.2 Å². The standard InChI is InChI=1S/C68H59BN2/c1-5-23-49-27-16-18-33-54(49)58-41-47(4)64(42-46(58)3)71(63-40-39-48(45-69)43-59(63)50-25-10-7-11-26-50)65-44-51-28-17-19-34-55(51)66(56(65)24-6-2)57-35-22-37-61-67(57)70-62-38-21-20-36-60(62)68(61,52-29-12-8-13-30-52)53-31-14-9-15-32-53/h6-22,24-44,70H,5,23,45,69H2,1-4H3/b24-6+. The molecule has 11 rings (SSSR count). The number of benzene rings is 10. The molecule has 10 aromatic carbocycles. The highest BCUT2D eigenvalue weighted by Gasteiger charge is 2.45. The van der Waals surface area contributed by atoms with Crippen molar-refractivity contribution in [3.05, 3.63) is 275 Å². The van der Waals surface area contributed by atoms with Crippen LogP contribution in [0.25, 0.3) is 50.2 Å². The lowest BCUT2D eigenvalue weighted by molar-refractivity contribution is 0.741. The van der Waals surface area contributed by atoms with E-state index in [1.54, 1.807) is 0 Å². The van der Waals surface area contributed by atoms with Gasteiger partial charge in [0.25, 0.3) is 0 Å². The predicted molar refractivity (Wildman–Crippen MR) is 307 cm³/mol. The van der Waals surface area contributed by atoms with Gasteiger partial charge in [0.15, 0.2) is 0 Å². The van der Waals surface area contributed by atoms with E-state index in [4.69, 9.17) is 0 Å². The van der Waals surface area contributed by atoms with Crippen LogP contribution in [0.3, 0.4) is 0 Å². The fourth-order valence-electron chi connectivity index (χ4n) is 11.6. The van der Waals surface area contributed by atoms with Gasteiger partial charge in [-0.3, -0.25) is 0 Å². The molecule has 1 N–H and O–H groups in total. The van der Waals surface area contributed by atoms with Crippen LogP contribution in [0.5, 0.6) is 0 Å². The number of para-hydroxylation sites is 2. The van der Waals surface area contributed by atoms with Crippen molar-refractivity contribution in [1.82, 2.24) is 0 Å². The van der Waals surface area contributed by atoms with Crippen molar-refractivity contribution >= 4 is 53.1 Å². The van der Waals surface area contributed by atoms with Crippen LogP contribution < -0.4 is 10.2 Å². The minimum atomic E-state index is -0.604. The molecule has 0 unspecified atom stereocenters. The third-order valence-electron chi connectivity index (χ3n) is 14.8. The minimum Gasteiger partial charge on any atom is -0.354 e. The molecule has 0 bridgehead atoms. The lowest BCUT2D eigenvalue weighted by atomic mass is 9.62. The Labute approximate surface area is 421 Å². The Morgan fingerprint density at radius 1 is 0.535 bits per heavy atom. The van der Waals surface area contributed by atoms with Crippen LogP contribution in [0.1, 0.15) is 70.3 Å². The molecule has 1 aliphatic rings. The lowest BCUT2D eigenvalue weighted by Crippen LogP contribution is -2.35. The van der Waals surface area contributed by atoms with Gasteiger partial charge in [0.1, 0.15) is 7.85 Å². The van der Waals surface area contributed by atoms with Gasteiger partial charge in [-0.05, 0) is 130 Å². The molecule has 10 aromatic rings. The zero-order chi connectivity index (χ0) is 48.5. The van der Waals surface area contributed by atoms with Crippen LogP contribution in [0.2, 0.25) is 0 Å². The van der Waals surface area contributed by atoms with E-state index in [0.29, 0.717) is 0 Å². The van der Waals surface area contributed by atoms with Crippen molar-refractivity contribution in [1.29, 1.82) is 0 Å². The van der Waals surface area contributed by atoms with Gasteiger partial charge in [-0.15, -0.1) is 0 Å². The molecule has 0 fully saturated rings. The van der Waals surface area contributed by atoms with Crippen molar-refractivity contribution in [2.45, 2.75) is 52.3 Å². The number of nitrogens with zero attached hydrogens (tertiary/aromatic N) is 1. The predicted octanol–water partition coefficient (Wildman–Crippen LogP) is 17.5. The molecule has 344 valence electrons. The lowest BCUT2D eigenvalue weighted by Gasteiger charge is -2.43. The normalized spacial score (nSPS) is 12.6. The average molecular weight is 915 g/mol. The smallest absolute Gasteiger partial charge is 0.107 e. The van der Waals surface area contributed by atoms with Gasteiger partial charge in [-0.1, -0.05) is 219 Å². The highest BCUT2D eigenvalue weighted by Crippen LogP contribution is 2.57. The molecule has 1 aliphatic heterocycles. The molecule has 1 heterocycles. The number of aryl methyl sites for hydroxylation is 3. The van der Waals surface area contributed by atoms with Crippen molar-refractivity contribution in [2.75, 3.05) is 10.2 Å². The van der Waals surface area contributed by atoms with Crippen molar-refractivity contribution in [3.63, 3.8) is 0 Å². The number of nitrogens with one attached hydrogen (secondary N) is 1. The van der Waals surface area contributed by atoms with E-state index in [0.717, 1.165) is 58.7 Å². The number of rotatable bonds is 12. The number of fused-ring (bicyclic) bond motifs is 3. The molecule has 0 saturated heterocycles. The van der Waals surface area contributed by atoms with Crippen LogP contribution >= 0.6 is 0 Å². The maximum absolute atomic E-state index is 4.11. The average Bonchev–Trinajstić information content (AvgIpc) is 3.42. The van der Waals surface area contributed by atoms with Gasteiger partial charge in [0, 0.05) is 33.6 Å². The summed E-state index contributed by atoms with van der Waals surface area (Å²) in [5, 5.41) is 6.48. The third-order valence-corrected chi connectivity index (χ3v) is 14.8. The Balaban J connectivity index is 1.25. The Morgan fingerprint density at radius 2 is 1.18 bits per heavy atom. The molecule has 0 atom stereocenters. The first-order valence-electron chi connectivity index (χ1n) is 25.4. The van der Waals surface area contributed by atoms with Gasteiger partial charge in [-0.2, -0.15) is 0 Å². The molecule has 2 nitrogen and oxygen atoms in total. The second-order valence-electron chi connectivity index (χ2n) is 19.1. The van der Waals surface area contributed by atoms with Gasteiger partial charge in [-0.25, -0.2) is 0 Å². The molecular formula is C68H59BN2. The first-order valence-corrected chi connectivity index (χ1v) is 25.4. The maximum Gasteiger partial charge on any atom is 0.107 e. The summed E-state index contributed by atoms with van der Waals surface area (Å²) >= 11 is 0. The fraction of sp³-hybridized carbons (Fsp3) is 0.118. The molecule has 0 amide bonds. The third kappa shape index (κ3) is 7.87. The molecule has 3 heteroatoms. The quantitative estimate of drug-likeness (QED) is 0.123. The summed E-state index contributed by atoms with van der Waals surface area (Å²) in [5.41, 5.74) is 23.6. The van der Waals surface area contributed by atoms with E-state index in [1.165, 1.54) is 83.1 Å². The van der Waals surface area contributed by atoms with Crippen LogP contribution in [0, 0.1) is 13.8 Å². The summed E-state index contributed by atoms with van der Waals surface area (Å²) in [6.07, 6.45) is 7.65. The first-order chi connectivity index (χ1) is 34.9. The SMILES string of the molecule is BCc1ccc(N(c2cc(C)c(-c3ccccc3CCC)cc2C)c2cc3ccccc3c(-c3cccc4c3Nc3ccccc3C4(c3ccccc3)c3ccccc3)c2/C=C/C)c(-c2ccccc2)c1. The largest absolute Gasteiger partial charge is 0.354 e. The summed E-state index contributed by atoms with van der Waals surface area (Å²) in [4.78, 5) is 2.58. The van der Waals surface area contributed by atoms with Gasteiger partial charge in [0.2, 0.25) is 0 Å². The summed E-state index contributed by atoms with van der Waals surface area (Å²) < 4.78 is 0. The Morgan fingerprint density at radius 3 is 1.92 bits per heavy atom. The molecule has 71 heavy (non-hydrogen) atoms. The van der Waals surface area contributed by atoms with E-state index in [-0.39, 0.29) is 0 Å². The fourth-order valence-corrected chi connectivity index (χ4v) is 11.6. The molecule has 0 aliphatic carbocycles. The van der Waals surface area contributed by atoms with Gasteiger partial charge >= 0.3 is 0 Å². The van der Waals surface area contributed by atoms with Crippen molar-refractivity contribution < 1.29 is 0 Å². The zero-order valence-corrected chi connectivity index (χ0v) is 41.5. The topological polar surface area (TPSA) is 15.3 Å². The summed E-state index contributed by atoms with van der Waals surface area (Å²) in [7, 11) is 2.25. The molecule has 0 spiro atoms. The summed E-state index contributed by atoms with van der Waals surface area (Å²) in [6, 6.07) is 81.4. The van der Waals surface area contributed by atoms with Crippen LogP contribution in [-0.4, -0.2) is 7.85 Å². The Hall–Kier alpha value is -8.14. The molecule has 0 saturated carbocycles. The highest BCUT2D eigenvalue weighted by atomic mass is 15.2. The number of hydrogen-bond acceptors (Lipinski definition) is 2. The first kappa shape index (κ1) is 45.3. The van der Waals surface area contributed by atoms with E-state index >= 15 is 0 Å². The van der Waals surface area contributed by atoms with E-state index in [2.05, 4.69) is 276 Å². The molecule has 0 radical (unpaired) electrons. The van der Waals surface area contributed by atoms with Crippen LogP contribution in [-0.2, 0) is 18.2 Å². The Kier molecular flexibility index (Phi) is 12.3. The summed E-state index contributed by atoms with van der Waals surface area (Å²) in [5.74, 6) is 0. The number of anilines is 5. The molecular weight excluding hydrogens is 856 g/mol. The monoisotopic (exact) mass is 914 g/mol. The number of allylic oxidation sites excluding steroid dienone is 1. The van der Waals surface area contributed by atoms with Crippen molar-refractivity contribution in [2.24, 2.45) is 0 Å². The Bertz CT molecular complexity index is 3550. The molecule has 0 aromatic heterocycles. The summed E-state index contributed by atoms with van der Waals surface area (Å²) in [6.45, 7) is 9.02. The second kappa shape index (κ2) is 19.3. The second-order valence-corrected chi connectivity index (χ2v) is 19.1. The van der Waals surface area contributed by atoms with Crippen LogP contribution in [0.15, 0.2) is 224 Å². The van der Waals surface area contributed by atoms with E-state index < -0.39 is 5.41 Å². The van der Waals surface area contributed by atoms with Crippen LogP contribution in [0.4, 0.5) is 28.4 Å². The zero-order valence-electron chi connectivity index (χ0n) is 41.5. The number of hydrogen-bond donors (Lipinski definition) is 1. The maximum atomic E-state index is 4.11. The highest BCUT2D eigenvalue weighted by molar-refractivity contribution is 6.11. The van der Waals surface area contributed by atoms with E-state index in [9.17, 15) is 0 Å². The minimum absolute atomic E-state index is 0.604.